The largest absolute Gasteiger partial charge is 0.491 e. The van der Waals surface area contributed by atoms with Crippen LogP contribution in [0.5, 0.6) is 5.75 Å². The van der Waals surface area contributed by atoms with Gasteiger partial charge in [0.05, 0.1) is 18.0 Å². The van der Waals surface area contributed by atoms with Crippen molar-refractivity contribution < 1.29 is 9.53 Å². The molecule has 3 aromatic rings. The van der Waals surface area contributed by atoms with Gasteiger partial charge >= 0.3 is 0 Å². The fraction of sp³-hybridized carbons (Fsp3) is 0.357. The number of benzene rings is 2. The highest BCUT2D eigenvalue weighted by atomic mass is 16.5. The summed E-state index contributed by atoms with van der Waals surface area (Å²) in [7, 11) is 0. The molecule has 1 amide bonds. The molecule has 1 aliphatic heterocycles. The lowest BCUT2D eigenvalue weighted by molar-refractivity contribution is 0.102. The Labute approximate surface area is 196 Å². The molecule has 0 bridgehead atoms. The molecule has 1 saturated heterocycles. The standard InChI is InChI=1S/C28H33N3O2/c1-20(2)33-25-10-8-9-22(17-25)26-18-23(12-11-21(26)3)28(32)30-24-13-14-27(29-19-24)31-15-6-4-5-7-16-31/h8-14,17-20H,4-7,15-16H2,1-3H3,(H,30,32). The van der Waals surface area contributed by atoms with Crippen LogP contribution in [0.25, 0.3) is 11.1 Å². The van der Waals surface area contributed by atoms with Gasteiger partial charge in [0.25, 0.3) is 5.91 Å². The molecule has 0 atom stereocenters. The van der Waals surface area contributed by atoms with Gasteiger partial charge in [-0.05, 0) is 86.7 Å². The van der Waals surface area contributed by atoms with Crippen LogP contribution < -0.4 is 15.0 Å². The van der Waals surface area contributed by atoms with Crippen LogP contribution in [0, 0.1) is 6.92 Å². The first-order valence-electron chi connectivity index (χ1n) is 11.9. The van der Waals surface area contributed by atoms with Crippen molar-refractivity contribution in [3.05, 3.63) is 71.9 Å². The third-order valence-electron chi connectivity index (χ3n) is 5.95. The quantitative estimate of drug-likeness (QED) is 0.474. The number of nitrogens with zero attached hydrogens (tertiary/aromatic N) is 2. The van der Waals surface area contributed by atoms with Gasteiger partial charge in [0.2, 0.25) is 0 Å². The average Bonchev–Trinajstić information content (AvgIpc) is 3.09. The lowest BCUT2D eigenvalue weighted by Crippen LogP contribution is -2.24. The Kier molecular flexibility index (Phi) is 7.28. The molecule has 1 aromatic heterocycles. The number of pyridine rings is 1. The second-order valence-electron chi connectivity index (χ2n) is 8.98. The molecule has 0 radical (unpaired) electrons. The van der Waals surface area contributed by atoms with Gasteiger partial charge in [-0.3, -0.25) is 4.79 Å². The fourth-order valence-corrected chi connectivity index (χ4v) is 4.23. The minimum absolute atomic E-state index is 0.109. The van der Waals surface area contributed by atoms with Gasteiger partial charge in [-0.2, -0.15) is 0 Å². The summed E-state index contributed by atoms with van der Waals surface area (Å²) in [6.07, 6.45) is 6.86. The Morgan fingerprint density at radius 1 is 1.00 bits per heavy atom. The summed E-state index contributed by atoms with van der Waals surface area (Å²) in [5.74, 6) is 1.67. The maximum absolute atomic E-state index is 13.0. The zero-order valence-electron chi connectivity index (χ0n) is 19.8. The van der Waals surface area contributed by atoms with E-state index >= 15 is 0 Å². The van der Waals surface area contributed by atoms with E-state index in [1.807, 2.05) is 68.4 Å². The number of anilines is 2. The van der Waals surface area contributed by atoms with Gasteiger partial charge in [-0.1, -0.05) is 31.0 Å². The lowest BCUT2D eigenvalue weighted by Gasteiger charge is -2.21. The molecule has 0 unspecified atom stereocenters. The second kappa shape index (κ2) is 10.5. The summed E-state index contributed by atoms with van der Waals surface area (Å²) in [5.41, 5.74) is 4.47. The number of carbonyl (C=O) groups is 1. The Morgan fingerprint density at radius 2 is 1.79 bits per heavy atom. The summed E-state index contributed by atoms with van der Waals surface area (Å²) < 4.78 is 5.84. The summed E-state index contributed by atoms with van der Waals surface area (Å²) >= 11 is 0. The van der Waals surface area contributed by atoms with Crippen LogP contribution in [0.1, 0.15) is 55.5 Å². The molecule has 2 heterocycles. The van der Waals surface area contributed by atoms with Crippen molar-refractivity contribution in [1.29, 1.82) is 0 Å². The van der Waals surface area contributed by atoms with E-state index in [9.17, 15) is 4.79 Å². The van der Waals surface area contributed by atoms with Crippen molar-refractivity contribution in [2.24, 2.45) is 0 Å². The van der Waals surface area contributed by atoms with Crippen molar-refractivity contribution in [2.45, 2.75) is 52.6 Å². The van der Waals surface area contributed by atoms with Crippen LogP contribution in [0.2, 0.25) is 0 Å². The number of rotatable bonds is 6. The van der Waals surface area contributed by atoms with Crippen molar-refractivity contribution in [1.82, 2.24) is 4.98 Å². The first kappa shape index (κ1) is 22.8. The Hall–Kier alpha value is -3.34. The summed E-state index contributed by atoms with van der Waals surface area (Å²) in [6.45, 7) is 8.18. The Morgan fingerprint density at radius 3 is 2.48 bits per heavy atom. The van der Waals surface area contributed by atoms with E-state index in [1.165, 1.54) is 25.7 Å². The SMILES string of the molecule is Cc1ccc(C(=O)Nc2ccc(N3CCCCCC3)nc2)cc1-c1cccc(OC(C)C)c1. The maximum Gasteiger partial charge on any atom is 0.255 e. The van der Waals surface area contributed by atoms with Crippen LogP contribution >= 0.6 is 0 Å². The molecule has 4 rings (SSSR count). The summed E-state index contributed by atoms with van der Waals surface area (Å²) in [6, 6.07) is 17.7. The first-order valence-corrected chi connectivity index (χ1v) is 11.9. The third-order valence-corrected chi connectivity index (χ3v) is 5.95. The average molecular weight is 444 g/mol. The number of nitrogens with one attached hydrogen (secondary N) is 1. The fourth-order valence-electron chi connectivity index (χ4n) is 4.23. The van der Waals surface area contributed by atoms with E-state index in [-0.39, 0.29) is 12.0 Å². The smallest absolute Gasteiger partial charge is 0.255 e. The molecule has 2 aromatic carbocycles. The molecule has 1 fully saturated rings. The molecule has 0 aliphatic carbocycles. The van der Waals surface area contributed by atoms with Gasteiger partial charge in [-0.15, -0.1) is 0 Å². The predicted molar refractivity (Wildman–Crippen MR) is 135 cm³/mol. The third kappa shape index (κ3) is 5.92. The molecule has 5 nitrogen and oxygen atoms in total. The topological polar surface area (TPSA) is 54.5 Å². The van der Waals surface area contributed by atoms with E-state index in [0.717, 1.165) is 41.3 Å². The second-order valence-corrected chi connectivity index (χ2v) is 8.98. The van der Waals surface area contributed by atoms with Gasteiger partial charge in [0.1, 0.15) is 11.6 Å². The number of carbonyl (C=O) groups excluding carboxylic acids is 1. The van der Waals surface area contributed by atoms with Gasteiger partial charge in [0.15, 0.2) is 0 Å². The molecular formula is C28H33N3O2. The normalized spacial score (nSPS) is 14.1. The van der Waals surface area contributed by atoms with Crippen molar-refractivity contribution >= 4 is 17.4 Å². The number of ether oxygens (including phenoxy) is 1. The number of aromatic nitrogens is 1. The number of aryl methyl sites for hydroxylation is 1. The van der Waals surface area contributed by atoms with Gasteiger partial charge in [0, 0.05) is 18.7 Å². The zero-order valence-corrected chi connectivity index (χ0v) is 19.8. The van der Waals surface area contributed by atoms with Crippen LogP contribution in [0.4, 0.5) is 11.5 Å². The van der Waals surface area contributed by atoms with Gasteiger partial charge < -0.3 is 15.0 Å². The molecule has 0 spiro atoms. The van der Waals surface area contributed by atoms with Crippen molar-refractivity contribution in [3.8, 4) is 16.9 Å². The first-order chi connectivity index (χ1) is 16.0. The highest BCUT2D eigenvalue weighted by molar-refractivity contribution is 6.05. The summed E-state index contributed by atoms with van der Waals surface area (Å²) in [5, 5.41) is 2.99. The van der Waals surface area contributed by atoms with Crippen LogP contribution in [-0.2, 0) is 0 Å². The van der Waals surface area contributed by atoms with Crippen LogP contribution in [0.3, 0.4) is 0 Å². The molecule has 1 N–H and O–H groups in total. The monoisotopic (exact) mass is 443 g/mol. The maximum atomic E-state index is 13.0. The Balaban J connectivity index is 1.49. The van der Waals surface area contributed by atoms with Crippen molar-refractivity contribution in [3.63, 3.8) is 0 Å². The van der Waals surface area contributed by atoms with Crippen molar-refractivity contribution in [2.75, 3.05) is 23.3 Å². The molecule has 33 heavy (non-hydrogen) atoms. The molecule has 5 heteroatoms. The van der Waals surface area contributed by atoms with Crippen LogP contribution in [0.15, 0.2) is 60.8 Å². The lowest BCUT2D eigenvalue weighted by atomic mass is 9.97. The molecule has 0 saturated carbocycles. The predicted octanol–water partition coefficient (Wildman–Crippen LogP) is 6.48. The minimum Gasteiger partial charge on any atom is -0.491 e. The van der Waals surface area contributed by atoms with E-state index in [2.05, 4.69) is 22.1 Å². The molecular weight excluding hydrogens is 410 g/mol. The molecule has 172 valence electrons. The van der Waals surface area contributed by atoms with Gasteiger partial charge in [-0.25, -0.2) is 4.98 Å². The van der Waals surface area contributed by atoms with E-state index in [1.54, 1.807) is 6.20 Å². The minimum atomic E-state index is -0.143. The summed E-state index contributed by atoms with van der Waals surface area (Å²) in [4.78, 5) is 19.9. The number of amides is 1. The number of hydrogen-bond acceptors (Lipinski definition) is 4. The number of hydrogen-bond donors (Lipinski definition) is 1. The molecule has 1 aliphatic rings. The van der Waals surface area contributed by atoms with E-state index < -0.39 is 0 Å². The highest BCUT2D eigenvalue weighted by Crippen LogP contribution is 2.28. The van der Waals surface area contributed by atoms with E-state index in [4.69, 9.17) is 4.74 Å². The Bertz CT molecular complexity index is 1080. The van der Waals surface area contributed by atoms with Crippen LogP contribution in [-0.4, -0.2) is 30.1 Å². The zero-order chi connectivity index (χ0) is 23.2. The van der Waals surface area contributed by atoms with E-state index in [0.29, 0.717) is 11.3 Å². The highest BCUT2D eigenvalue weighted by Gasteiger charge is 2.13.